The van der Waals surface area contributed by atoms with Gasteiger partial charge in [0.2, 0.25) is 5.91 Å². The first kappa shape index (κ1) is 15.7. The Balaban J connectivity index is 3.02. The minimum atomic E-state index is -0.544. The molecule has 0 bridgehead atoms. The van der Waals surface area contributed by atoms with E-state index in [0.717, 1.165) is 11.3 Å². The van der Waals surface area contributed by atoms with Crippen LogP contribution in [-0.2, 0) is 9.53 Å². The molecule has 1 amide bonds. The molecule has 1 aromatic rings. The minimum Gasteiger partial charge on any atom is -0.465 e. The molecule has 0 fully saturated rings. The average molecular weight is 306 g/mol. The predicted molar refractivity (Wildman–Crippen MR) is 74.7 cm³/mol. The normalized spacial score (nSPS) is 10.6. The van der Waals surface area contributed by atoms with Gasteiger partial charge in [0, 0.05) is 6.54 Å². The fourth-order valence-corrected chi connectivity index (χ4v) is 2.69. The highest BCUT2D eigenvalue weighted by molar-refractivity contribution is 7.18. The van der Waals surface area contributed by atoms with Gasteiger partial charge in [0.15, 0.2) is 15.2 Å². The van der Waals surface area contributed by atoms with E-state index in [4.69, 9.17) is 17.3 Å². The van der Waals surface area contributed by atoms with E-state index in [1.165, 1.54) is 7.11 Å². The summed E-state index contributed by atoms with van der Waals surface area (Å²) in [6.45, 7) is 4.63. The molecular formula is C11H16ClN3O3S. The van der Waals surface area contributed by atoms with Crippen LogP contribution in [-0.4, -0.2) is 37.1 Å². The number of ether oxygens (including phenoxy) is 1. The largest absolute Gasteiger partial charge is 0.465 e. The molecule has 106 valence electrons. The summed E-state index contributed by atoms with van der Waals surface area (Å²) in [5.74, 6) is -0.701. The number of aromatic nitrogens is 1. The molecule has 8 heteroatoms. The van der Waals surface area contributed by atoms with E-state index < -0.39 is 11.9 Å². The zero-order chi connectivity index (χ0) is 14.6. The molecule has 2 N–H and O–H groups in total. The number of hydrogen-bond donors (Lipinski definition) is 1. The van der Waals surface area contributed by atoms with Crippen molar-refractivity contribution in [3.8, 4) is 0 Å². The molecule has 0 spiro atoms. The number of rotatable bonds is 6. The van der Waals surface area contributed by atoms with Gasteiger partial charge in [0.05, 0.1) is 13.7 Å². The van der Waals surface area contributed by atoms with E-state index in [0.29, 0.717) is 17.6 Å². The first-order valence-corrected chi connectivity index (χ1v) is 6.82. The van der Waals surface area contributed by atoms with Gasteiger partial charge in [-0.3, -0.25) is 4.79 Å². The van der Waals surface area contributed by atoms with Gasteiger partial charge in [-0.25, -0.2) is 9.78 Å². The summed E-state index contributed by atoms with van der Waals surface area (Å²) >= 11 is 6.98. The molecule has 19 heavy (non-hydrogen) atoms. The minimum absolute atomic E-state index is 0.0304. The van der Waals surface area contributed by atoms with E-state index in [-0.39, 0.29) is 16.6 Å². The molecule has 0 saturated heterocycles. The van der Waals surface area contributed by atoms with Crippen LogP contribution in [0.4, 0.5) is 5.13 Å². The highest BCUT2D eigenvalue weighted by Gasteiger charge is 2.22. The highest BCUT2D eigenvalue weighted by atomic mass is 35.5. The lowest BCUT2D eigenvalue weighted by atomic mass is 10.2. The summed E-state index contributed by atoms with van der Waals surface area (Å²) in [5, 5.41) is 0.558. The second-order valence-electron chi connectivity index (χ2n) is 4.35. The van der Waals surface area contributed by atoms with Gasteiger partial charge in [-0.15, -0.1) is 0 Å². The van der Waals surface area contributed by atoms with Crippen molar-refractivity contribution in [3.05, 3.63) is 10.0 Å². The van der Waals surface area contributed by atoms with Crippen molar-refractivity contribution in [2.75, 3.05) is 25.1 Å². The number of esters is 1. The lowest BCUT2D eigenvalue weighted by molar-refractivity contribution is -0.116. The van der Waals surface area contributed by atoms with Crippen LogP contribution in [0, 0.1) is 5.92 Å². The standard InChI is InChI=1S/C11H16ClN3O3S/c1-6(2)4-15(5-7(13)16)11-14-9(12)8(19-11)10(17)18-3/h6H,4-5H2,1-3H3,(H2,13,16). The summed E-state index contributed by atoms with van der Waals surface area (Å²) in [6, 6.07) is 0. The zero-order valence-electron chi connectivity index (χ0n) is 11.0. The molecule has 0 aliphatic carbocycles. The van der Waals surface area contributed by atoms with Crippen molar-refractivity contribution in [3.63, 3.8) is 0 Å². The summed E-state index contributed by atoms with van der Waals surface area (Å²) in [5.41, 5.74) is 5.21. The number of halogens is 1. The van der Waals surface area contributed by atoms with Crippen LogP contribution in [0.1, 0.15) is 23.5 Å². The molecule has 1 aromatic heterocycles. The monoisotopic (exact) mass is 305 g/mol. The van der Waals surface area contributed by atoms with Gasteiger partial charge in [-0.05, 0) is 5.92 Å². The van der Waals surface area contributed by atoms with Gasteiger partial charge in [0.25, 0.3) is 0 Å². The van der Waals surface area contributed by atoms with Crippen LogP contribution >= 0.6 is 22.9 Å². The number of thiazole rings is 1. The van der Waals surface area contributed by atoms with Crippen LogP contribution in [0.3, 0.4) is 0 Å². The number of nitrogens with zero attached hydrogens (tertiary/aromatic N) is 2. The van der Waals surface area contributed by atoms with Gasteiger partial charge in [-0.1, -0.05) is 36.8 Å². The Bertz CT molecular complexity index is 476. The predicted octanol–water partition coefficient (Wildman–Crippen LogP) is 1.53. The molecule has 0 aliphatic rings. The summed E-state index contributed by atoms with van der Waals surface area (Å²) in [6.07, 6.45) is 0. The van der Waals surface area contributed by atoms with Gasteiger partial charge < -0.3 is 15.4 Å². The third-order valence-corrected chi connectivity index (χ3v) is 3.63. The molecule has 0 unspecified atom stereocenters. The maximum Gasteiger partial charge on any atom is 0.351 e. The Kier molecular flexibility index (Phi) is 5.56. The quantitative estimate of drug-likeness (QED) is 0.806. The van der Waals surface area contributed by atoms with Crippen LogP contribution in [0.15, 0.2) is 0 Å². The lowest BCUT2D eigenvalue weighted by Crippen LogP contribution is -2.36. The van der Waals surface area contributed by atoms with Crippen molar-refractivity contribution in [2.45, 2.75) is 13.8 Å². The Hall–Kier alpha value is -1.34. The Morgan fingerprint density at radius 2 is 2.16 bits per heavy atom. The van der Waals surface area contributed by atoms with Gasteiger partial charge in [0.1, 0.15) is 0 Å². The first-order chi connectivity index (χ1) is 8.85. The summed E-state index contributed by atoms with van der Waals surface area (Å²) in [4.78, 5) is 28.6. The number of methoxy groups -OCH3 is 1. The van der Waals surface area contributed by atoms with Crippen molar-refractivity contribution >= 4 is 39.9 Å². The Morgan fingerprint density at radius 1 is 1.53 bits per heavy atom. The maximum absolute atomic E-state index is 11.5. The van der Waals surface area contributed by atoms with E-state index >= 15 is 0 Å². The van der Waals surface area contributed by atoms with Crippen molar-refractivity contribution in [1.82, 2.24) is 4.98 Å². The number of amides is 1. The molecule has 0 atom stereocenters. The topological polar surface area (TPSA) is 85.5 Å². The molecule has 0 aromatic carbocycles. The fourth-order valence-electron chi connectivity index (χ4n) is 1.48. The van der Waals surface area contributed by atoms with Crippen molar-refractivity contribution in [1.29, 1.82) is 0 Å². The third kappa shape index (κ3) is 4.36. The number of carbonyl (C=O) groups is 2. The second kappa shape index (κ2) is 6.72. The summed E-state index contributed by atoms with van der Waals surface area (Å²) < 4.78 is 4.61. The third-order valence-electron chi connectivity index (χ3n) is 2.15. The molecular weight excluding hydrogens is 290 g/mol. The van der Waals surface area contributed by atoms with E-state index in [1.54, 1.807) is 4.90 Å². The van der Waals surface area contributed by atoms with E-state index in [9.17, 15) is 9.59 Å². The van der Waals surface area contributed by atoms with E-state index in [1.807, 2.05) is 13.8 Å². The number of hydrogen-bond acceptors (Lipinski definition) is 6. The smallest absolute Gasteiger partial charge is 0.351 e. The molecule has 0 radical (unpaired) electrons. The number of nitrogens with two attached hydrogens (primary N) is 1. The molecule has 0 saturated carbocycles. The maximum atomic E-state index is 11.5. The van der Waals surface area contributed by atoms with Crippen molar-refractivity contribution < 1.29 is 14.3 Å². The van der Waals surface area contributed by atoms with Crippen LogP contribution in [0.5, 0.6) is 0 Å². The Labute approximate surface area is 120 Å². The number of carbonyl (C=O) groups excluding carboxylic acids is 2. The Morgan fingerprint density at radius 3 is 2.63 bits per heavy atom. The fraction of sp³-hybridized carbons (Fsp3) is 0.545. The van der Waals surface area contributed by atoms with Gasteiger partial charge >= 0.3 is 5.97 Å². The van der Waals surface area contributed by atoms with Gasteiger partial charge in [-0.2, -0.15) is 0 Å². The van der Waals surface area contributed by atoms with Crippen LogP contribution in [0.2, 0.25) is 5.15 Å². The van der Waals surface area contributed by atoms with Crippen LogP contribution in [0.25, 0.3) is 0 Å². The van der Waals surface area contributed by atoms with E-state index in [2.05, 4.69) is 9.72 Å². The number of primary amides is 1. The highest BCUT2D eigenvalue weighted by Crippen LogP contribution is 2.30. The first-order valence-electron chi connectivity index (χ1n) is 5.63. The molecule has 1 heterocycles. The summed E-state index contributed by atoms with van der Waals surface area (Å²) in [7, 11) is 1.27. The molecule has 6 nitrogen and oxygen atoms in total. The molecule has 1 rings (SSSR count). The molecule has 0 aliphatic heterocycles. The number of anilines is 1. The van der Waals surface area contributed by atoms with Crippen molar-refractivity contribution in [2.24, 2.45) is 11.7 Å². The SMILES string of the molecule is COC(=O)c1sc(N(CC(N)=O)CC(C)C)nc1Cl. The lowest BCUT2D eigenvalue weighted by Gasteiger charge is -2.21. The average Bonchev–Trinajstić information content (AvgIpc) is 2.68. The zero-order valence-corrected chi connectivity index (χ0v) is 12.5. The second-order valence-corrected chi connectivity index (χ2v) is 5.68. The van der Waals surface area contributed by atoms with Crippen LogP contribution < -0.4 is 10.6 Å².